The van der Waals surface area contributed by atoms with Gasteiger partial charge < -0.3 is 33.2 Å². The molecule has 8 rings (SSSR count). The van der Waals surface area contributed by atoms with E-state index in [1.807, 2.05) is 78.9 Å². The Hall–Kier alpha value is -6.50. The van der Waals surface area contributed by atoms with E-state index in [0.29, 0.717) is 25.6 Å². The molecule has 0 bridgehead atoms. The Morgan fingerprint density at radius 2 is 0.590 bits per heavy atom. The number of hydrogen-bond acceptors (Lipinski definition) is 12. The summed E-state index contributed by atoms with van der Waals surface area (Å²) in [7, 11) is -1.22. The van der Waals surface area contributed by atoms with Crippen molar-refractivity contribution in [2.45, 2.75) is 17.7 Å². The van der Waals surface area contributed by atoms with Crippen LogP contribution in [0.4, 0.5) is 0 Å². The van der Waals surface area contributed by atoms with Gasteiger partial charge in [0, 0.05) is 9.03 Å². The highest BCUT2D eigenvalue weighted by Gasteiger charge is 2.85. The van der Waals surface area contributed by atoms with Crippen molar-refractivity contribution >= 4 is 33.7 Å². The van der Waals surface area contributed by atoms with Crippen LogP contribution in [0, 0.1) is 0 Å². The minimum atomic E-state index is -2.76. The highest BCUT2D eigenvalue weighted by Crippen LogP contribution is 2.53. The highest BCUT2D eigenvalue weighted by molar-refractivity contribution is 7.55. The van der Waals surface area contributed by atoms with Gasteiger partial charge in [0.05, 0.1) is 0 Å². The summed E-state index contributed by atoms with van der Waals surface area (Å²) in [6, 6.07) is 62.7. The van der Waals surface area contributed by atoms with E-state index in [4.69, 9.17) is 46.7 Å². The van der Waals surface area contributed by atoms with Gasteiger partial charge in [0.2, 0.25) is 17.0 Å². The second-order valence-corrected chi connectivity index (χ2v) is 16.7. The van der Waals surface area contributed by atoms with E-state index >= 15 is 0 Å². The van der Waals surface area contributed by atoms with Crippen LogP contribution in [0.3, 0.4) is 0 Å². The van der Waals surface area contributed by atoms with Crippen LogP contribution in [0.2, 0.25) is 0 Å². The maximum Gasteiger partial charge on any atom is 0.556 e. The standard InChI is InChI=1S/C45H35N4O8P4/c1-8-22-36(23-9-1)50-43(51-37-24-10-2-11-25-37,44(52-38-26-12-3-13-27-38,53-39-28-14-4-15-29-39)54-40-30-16-5-17-31-40)45(55-41-32-18-6-19-33-41,56-42-34-20-7-21-35-42)57-61-48-59-46-58-47-60-49-61/h1-35H/q+1. The zero-order chi connectivity index (χ0) is 41.5. The predicted octanol–water partition coefficient (Wildman–Crippen LogP) is 14.2. The van der Waals surface area contributed by atoms with Gasteiger partial charge in [-0.25, -0.2) is 0 Å². The number of benzene rings is 7. The topological polar surface area (TPSA) is 123 Å². The Morgan fingerprint density at radius 1 is 0.311 bits per heavy atom. The molecular formula is C45H35N4O8P4+. The number of ether oxygens (including phenoxy) is 7. The molecule has 0 aliphatic carbocycles. The van der Waals surface area contributed by atoms with Gasteiger partial charge >= 0.3 is 25.8 Å². The molecule has 7 aromatic carbocycles. The summed E-state index contributed by atoms with van der Waals surface area (Å²) in [5, 5.41) is 0. The van der Waals surface area contributed by atoms with E-state index in [-0.39, 0.29) is 40.2 Å². The van der Waals surface area contributed by atoms with Crippen LogP contribution in [-0.4, -0.2) is 17.7 Å². The van der Waals surface area contributed by atoms with E-state index in [9.17, 15) is 0 Å². The van der Waals surface area contributed by atoms with Crippen LogP contribution >= 0.6 is 33.7 Å². The average Bonchev–Trinajstić information content (AvgIpc) is 3.29. The molecule has 0 aromatic heterocycles. The van der Waals surface area contributed by atoms with Crippen molar-refractivity contribution < 1.29 is 37.7 Å². The van der Waals surface area contributed by atoms with Crippen LogP contribution in [0.5, 0.6) is 40.2 Å². The summed E-state index contributed by atoms with van der Waals surface area (Å²) in [5.41, 5.74) is 0. The summed E-state index contributed by atoms with van der Waals surface area (Å²) < 4.78 is 76.2. The fraction of sp³-hybridized carbons (Fsp3) is 0.0667. The highest BCUT2D eigenvalue weighted by atomic mass is 31.2. The molecule has 0 amide bonds. The maximum atomic E-state index is 7.40. The molecule has 1 heterocycles. The number of rotatable bonds is 18. The lowest BCUT2D eigenvalue weighted by molar-refractivity contribution is -0.486. The Labute approximate surface area is 358 Å². The predicted molar refractivity (Wildman–Crippen MR) is 236 cm³/mol. The molecule has 0 fully saturated rings. The molecule has 16 heteroatoms. The molecule has 1 atom stereocenters. The molecule has 1 aliphatic rings. The van der Waals surface area contributed by atoms with E-state index < -0.39 is 25.8 Å². The van der Waals surface area contributed by atoms with E-state index in [1.54, 1.807) is 133 Å². The maximum absolute atomic E-state index is 7.40. The molecule has 0 radical (unpaired) electrons. The Morgan fingerprint density at radius 3 is 0.918 bits per heavy atom. The molecule has 0 N–H and O–H groups in total. The third kappa shape index (κ3) is 10.3. The van der Waals surface area contributed by atoms with E-state index in [1.165, 1.54) is 0 Å². The lowest BCUT2D eigenvalue weighted by Gasteiger charge is -2.49. The third-order valence-electron chi connectivity index (χ3n) is 8.39. The molecular weight excluding hydrogens is 848 g/mol. The van der Waals surface area contributed by atoms with Crippen molar-refractivity contribution in [2.75, 3.05) is 0 Å². The smallest absolute Gasteiger partial charge is 0.434 e. The molecule has 0 saturated heterocycles. The molecule has 7 aromatic rings. The van der Waals surface area contributed by atoms with Crippen LogP contribution in [-0.2, 0) is 4.52 Å². The first-order valence-electron chi connectivity index (χ1n) is 18.7. The summed E-state index contributed by atoms with van der Waals surface area (Å²) in [4.78, 5) is 0. The first-order chi connectivity index (χ1) is 30.1. The summed E-state index contributed by atoms with van der Waals surface area (Å²) >= 11 is 0. The minimum Gasteiger partial charge on any atom is -0.434 e. The molecule has 12 nitrogen and oxygen atoms in total. The third-order valence-corrected chi connectivity index (χ3v) is 11.9. The number of para-hydroxylation sites is 7. The molecule has 1 unspecified atom stereocenters. The van der Waals surface area contributed by atoms with Gasteiger partial charge in [-0.05, 0) is 89.5 Å². The largest absolute Gasteiger partial charge is 0.556 e. The molecule has 1 aliphatic heterocycles. The molecule has 302 valence electrons. The number of hydrogen-bond donors (Lipinski definition) is 0. The Kier molecular flexibility index (Phi) is 13.6. The van der Waals surface area contributed by atoms with Gasteiger partial charge in [-0.1, -0.05) is 127 Å². The van der Waals surface area contributed by atoms with Crippen molar-refractivity contribution in [2.24, 2.45) is 18.1 Å². The molecule has 0 spiro atoms. The summed E-state index contributed by atoms with van der Waals surface area (Å²) in [6.45, 7) is 0. The van der Waals surface area contributed by atoms with Crippen molar-refractivity contribution in [3.63, 3.8) is 0 Å². The quantitative estimate of drug-likeness (QED) is 0.0616. The van der Waals surface area contributed by atoms with E-state index in [0.717, 1.165) is 0 Å². The second kappa shape index (κ2) is 20.2. The van der Waals surface area contributed by atoms with Gasteiger partial charge in [0.1, 0.15) is 40.2 Å². The van der Waals surface area contributed by atoms with Gasteiger partial charge in [0.15, 0.2) is 8.52 Å². The van der Waals surface area contributed by atoms with Crippen molar-refractivity contribution in [3.8, 4) is 40.2 Å². The normalized spacial score (nSPS) is 13.9. The van der Waals surface area contributed by atoms with Crippen LogP contribution in [0.25, 0.3) is 0 Å². The number of nitrogens with zero attached hydrogens (tertiary/aromatic N) is 4. The second-order valence-electron chi connectivity index (χ2n) is 12.6. The lowest BCUT2D eigenvalue weighted by Crippen LogP contribution is -2.83. The van der Waals surface area contributed by atoms with Gasteiger partial charge in [-0.2, -0.15) is 9.03 Å². The van der Waals surface area contributed by atoms with Gasteiger partial charge in [0.25, 0.3) is 0 Å². The monoisotopic (exact) mass is 883 g/mol. The minimum absolute atomic E-state index is 0.244. The van der Waals surface area contributed by atoms with Crippen LogP contribution in [0.1, 0.15) is 0 Å². The first kappa shape index (κ1) is 41.2. The summed E-state index contributed by atoms with van der Waals surface area (Å²) in [6.07, 6.45) is 0. The van der Waals surface area contributed by atoms with Crippen LogP contribution < -0.4 is 33.2 Å². The zero-order valence-corrected chi connectivity index (χ0v) is 35.6. The van der Waals surface area contributed by atoms with Crippen molar-refractivity contribution in [1.82, 2.24) is 0 Å². The van der Waals surface area contributed by atoms with Gasteiger partial charge in [-0.15, -0.1) is 0 Å². The molecule has 61 heavy (non-hydrogen) atoms. The Balaban J connectivity index is 1.55. The van der Waals surface area contributed by atoms with E-state index in [2.05, 4.69) is 9.03 Å². The fourth-order valence-corrected chi connectivity index (χ4v) is 9.22. The zero-order valence-electron chi connectivity index (χ0n) is 32.1. The lowest BCUT2D eigenvalue weighted by atomic mass is 10.1. The first-order valence-corrected chi connectivity index (χ1v) is 22.3. The van der Waals surface area contributed by atoms with Gasteiger partial charge in [-0.3, -0.25) is 0 Å². The molecule has 0 saturated carbocycles. The SMILES string of the molecule is c1ccc(OC(Oc2ccccc2)(Oc2ccccc2)C(Oc2ccccc2)(Oc2ccccc2)C(Oc2ccccc2)(Oc2ccccc2)O[P+]2=NP=NP=NP=N2)cc1. The fourth-order valence-electron chi connectivity index (χ4n) is 5.82. The Bertz CT molecular complexity index is 2370. The van der Waals surface area contributed by atoms with Crippen molar-refractivity contribution in [1.29, 1.82) is 0 Å². The van der Waals surface area contributed by atoms with Crippen molar-refractivity contribution in [3.05, 3.63) is 212 Å². The van der Waals surface area contributed by atoms with Crippen LogP contribution in [0.15, 0.2) is 230 Å². The summed E-state index contributed by atoms with van der Waals surface area (Å²) in [5.74, 6) is -6.31. The average molecular weight is 884 g/mol.